The summed E-state index contributed by atoms with van der Waals surface area (Å²) in [4.78, 5) is 22.3. The first-order valence-electron chi connectivity index (χ1n) is 8.62. The lowest BCUT2D eigenvalue weighted by Gasteiger charge is -2.05. The Morgan fingerprint density at radius 2 is 2.10 bits per heavy atom. The molecule has 0 fully saturated rings. The second-order valence-electron chi connectivity index (χ2n) is 6.50. The highest BCUT2D eigenvalue weighted by atomic mass is 19.3. The van der Waals surface area contributed by atoms with Crippen molar-refractivity contribution in [1.29, 1.82) is 0 Å². The zero-order valence-electron chi connectivity index (χ0n) is 15.7. The van der Waals surface area contributed by atoms with Gasteiger partial charge in [-0.15, -0.1) is 0 Å². The van der Waals surface area contributed by atoms with Gasteiger partial charge in [0, 0.05) is 6.20 Å². The van der Waals surface area contributed by atoms with Gasteiger partial charge >= 0.3 is 5.69 Å². The second-order valence-corrected chi connectivity index (χ2v) is 6.50. The van der Waals surface area contributed by atoms with Crippen LogP contribution >= 0.6 is 0 Å². The van der Waals surface area contributed by atoms with Crippen molar-refractivity contribution in [1.82, 2.24) is 19.6 Å². The van der Waals surface area contributed by atoms with Crippen LogP contribution in [-0.2, 0) is 17.9 Å². The maximum absolute atomic E-state index is 13.0. The molecule has 2 aromatic heterocycles. The van der Waals surface area contributed by atoms with Gasteiger partial charge in [-0.2, -0.15) is 10.2 Å². The highest BCUT2D eigenvalue weighted by molar-refractivity contribution is 5.90. The first-order valence-corrected chi connectivity index (χ1v) is 8.62. The number of carbonyl (C=O) groups is 1. The van der Waals surface area contributed by atoms with Gasteiger partial charge in [0.15, 0.2) is 0 Å². The van der Waals surface area contributed by atoms with Crippen molar-refractivity contribution >= 4 is 17.3 Å². The smallest absolute Gasteiger partial charge is 0.319 e. The van der Waals surface area contributed by atoms with E-state index < -0.39 is 35.2 Å². The molecule has 0 saturated carbocycles. The van der Waals surface area contributed by atoms with Crippen LogP contribution in [0, 0.1) is 24.0 Å². The van der Waals surface area contributed by atoms with Crippen LogP contribution in [0.5, 0.6) is 0 Å². The molecule has 1 N–H and O–H groups in total. The van der Waals surface area contributed by atoms with Crippen LogP contribution in [0.1, 0.15) is 28.9 Å². The molecule has 0 bridgehead atoms. The van der Waals surface area contributed by atoms with E-state index in [2.05, 4.69) is 15.5 Å². The van der Waals surface area contributed by atoms with Crippen LogP contribution in [0.25, 0.3) is 0 Å². The third-order valence-corrected chi connectivity index (χ3v) is 4.23. The minimum atomic E-state index is -3.11. The van der Waals surface area contributed by atoms with E-state index in [0.29, 0.717) is 12.2 Å². The molecule has 1 amide bonds. The number of benzene rings is 1. The number of nitrogens with zero attached hydrogens (tertiary/aromatic N) is 5. The van der Waals surface area contributed by atoms with Gasteiger partial charge in [-0.25, -0.2) is 8.78 Å². The summed E-state index contributed by atoms with van der Waals surface area (Å²) < 4.78 is 28.5. The van der Waals surface area contributed by atoms with E-state index in [1.165, 1.54) is 13.1 Å². The van der Waals surface area contributed by atoms with E-state index in [4.69, 9.17) is 0 Å². The van der Waals surface area contributed by atoms with Gasteiger partial charge in [0.05, 0.1) is 23.4 Å². The van der Waals surface area contributed by atoms with Crippen LogP contribution in [-0.4, -0.2) is 30.4 Å². The predicted molar refractivity (Wildman–Crippen MR) is 99.7 cm³/mol. The normalized spacial score (nSPS) is 11.1. The van der Waals surface area contributed by atoms with Crippen molar-refractivity contribution in [2.24, 2.45) is 0 Å². The summed E-state index contributed by atoms with van der Waals surface area (Å²) >= 11 is 0. The Hall–Kier alpha value is -3.63. The van der Waals surface area contributed by atoms with Gasteiger partial charge < -0.3 is 5.32 Å². The summed E-state index contributed by atoms with van der Waals surface area (Å²) in [5.74, 6) is -0.568. The van der Waals surface area contributed by atoms with E-state index in [1.54, 1.807) is 10.9 Å². The minimum absolute atomic E-state index is 0.115. The van der Waals surface area contributed by atoms with Gasteiger partial charge in [0.1, 0.15) is 12.2 Å². The maximum atomic E-state index is 13.0. The summed E-state index contributed by atoms with van der Waals surface area (Å²) in [5.41, 5.74) is 0.733. The highest BCUT2D eigenvalue weighted by Gasteiger charge is 2.31. The Bertz CT molecular complexity index is 1060. The van der Waals surface area contributed by atoms with Gasteiger partial charge in [0.25, 0.3) is 6.43 Å². The van der Waals surface area contributed by atoms with Gasteiger partial charge in [0.2, 0.25) is 11.6 Å². The average Bonchev–Trinajstić information content (AvgIpc) is 3.19. The Labute approximate surface area is 164 Å². The third kappa shape index (κ3) is 4.62. The molecule has 0 saturated heterocycles. The number of hydrogen-bond donors (Lipinski definition) is 1. The fourth-order valence-electron chi connectivity index (χ4n) is 2.94. The lowest BCUT2D eigenvalue weighted by atomic mass is 10.1. The summed E-state index contributed by atoms with van der Waals surface area (Å²) in [5, 5.41) is 21.3. The number of nitrogens with one attached hydrogen (secondary N) is 1. The molecular weight excluding hydrogens is 386 g/mol. The number of rotatable bonds is 7. The maximum Gasteiger partial charge on any atom is 0.319 e. The molecule has 0 aliphatic rings. The molecular formula is C18H18F2N6O3. The molecule has 152 valence electrons. The van der Waals surface area contributed by atoms with Crippen molar-refractivity contribution in [3.63, 3.8) is 0 Å². The molecule has 29 heavy (non-hydrogen) atoms. The monoisotopic (exact) mass is 404 g/mol. The number of nitro groups is 1. The second kappa shape index (κ2) is 8.17. The summed E-state index contributed by atoms with van der Waals surface area (Å²) in [6.45, 7) is 3.33. The number of aromatic nitrogens is 4. The molecule has 0 radical (unpaired) electrons. The summed E-state index contributed by atoms with van der Waals surface area (Å²) in [6, 6.07) is 7.91. The SMILES string of the molecule is Cc1cccc(Cn2cc(NC(=O)Cn3nc(C(F)F)c([N+](=O)[O-])c3C)cn2)c1. The summed E-state index contributed by atoms with van der Waals surface area (Å²) in [6.07, 6.45) is -0.0295. The van der Waals surface area contributed by atoms with E-state index >= 15 is 0 Å². The van der Waals surface area contributed by atoms with Gasteiger partial charge in [-0.05, 0) is 19.4 Å². The Kier molecular flexibility index (Phi) is 5.66. The Morgan fingerprint density at radius 3 is 2.72 bits per heavy atom. The van der Waals surface area contributed by atoms with Crippen LogP contribution in [0.15, 0.2) is 36.7 Å². The van der Waals surface area contributed by atoms with Crippen molar-refractivity contribution in [2.75, 3.05) is 5.32 Å². The van der Waals surface area contributed by atoms with Crippen molar-refractivity contribution in [3.8, 4) is 0 Å². The number of halogens is 2. The average molecular weight is 404 g/mol. The predicted octanol–water partition coefficient (Wildman–Crippen LogP) is 3.23. The standard InChI is InChI=1S/C18H18F2N6O3/c1-11-4-3-5-13(6-11)8-24-9-14(7-21-24)22-15(27)10-25-12(2)17(26(28)29)16(23-25)18(19)20/h3-7,9,18H,8,10H2,1-2H3,(H,22,27). The van der Waals surface area contributed by atoms with Gasteiger partial charge in [-0.3, -0.25) is 24.3 Å². The molecule has 3 rings (SSSR count). The lowest BCUT2D eigenvalue weighted by Crippen LogP contribution is -2.20. The van der Waals surface area contributed by atoms with Gasteiger partial charge in [-0.1, -0.05) is 29.8 Å². The molecule has 0 spiro atoms. The van der Waals surface area contributed by atoms with Crippen LogP contribution in [0.2, 0.25) is 0 Å². The summed E-state index contributed by atoms with van der Waals surface area (Å²) in [7, 11) is 0. The van der Waals surface area contributed by atoms with Crippen LogP contribution in [0.3, 0.4) is 0 Å². The topological polar surface area (TPSA) is 108 Å². The van der Waals surface area contributed by atoms with Crippen LogP contribution in [0.4, 0.5) is 20.2 Å². The fraction of sp³-hybridized carbons (Fsp3) is 0.278. The molecule has 11 heteroatoms. The van der Waals surface area contributed by atoms with Crippen molar-refractivity contribution < 1.29 is 18.5 Å². The number of carbonyl (C=O) groups excluding carboxylic acids is 1. The van der Waals surface area contributed by atoms with E-state index in [1.807, 2.05) is 31.2 Å². The minimum Gasteiger partial charge on any atom is -0.322 e. The Balaban J connectivity index is 1.68. The highest BCUT2D eigenvalue weighted by Crippen LogP contribution is 2.30. The Morgan fingerprint density at radius 1 is 1.34 bits per heavy atom. The van der Waals surface area contributed by atoms with E-state index in [-0.39, 0.29) is 5.69 Å². The molecule has 0 atom stereocenters. The quantitative estimate of drug-likeness (QED) is 0.480. The zero-order chi connectivity index (χ0) is 21.1. The van der Waals surface area contributed by atoms with E-state index in [0.717, 1.165) is 15.8 Å². The third-order valence-electron chi connectivity index (χ3n) is 4.23. The first-order chi connectivity index (χ1) is 13.7. The molecule has 3 aromatic rings. The molecule has 2 heterocycles. The van der Waals surface area contributed by atoms with Crippen molar-refractivity contribution in [3.05, 3.63) is 69.3 Å². The number of aryl methyl sites for hydroxylation is 1. The van der Waals surface area contributed by atoms with E-state index in [9.17, 15) is 23.7 Å². The fourth-order valence-corrected chi connectivity index (χ4v) is 2.94. The number of hydrogen-bond acceptors (Lipinski definition) is 5. The number of amides is 1. The lowest BCUT2D eigenvalue weighted by molar-refractivity contribution is -0.386. The molecule has 0 unspecified atom stereocenters. The number of alkyl halides is 2. The molecule has 1 aromatic carbocycles. The molecule has 0 aliphatic carbocycles. The zero-order valence-corrected chi connectivity index (χ0v) is 15.7. The largest absolute Gasteiger partial charge is 0.322 e. The molecule has 9 nitrogen and oxygen atoms in total. The van der Waals surface area contributed by atoms with Crippen LogP contribution < -0.4 is 5.32 Å². The number of anilines is 1. The first kappa shape index (κ1) is 20.1. The molecule has 0 aliphatic heterocycles. The van der Waals surface area contributed by atoms with Crippen molar-refractivity contribution in [2.45, 2.75) is 33.4 Å².